The molecule has 2 aliphatic heterocycles. The zero-order valence-electron chi connectivity index (χ0n) is 19.1. The standard InChI is InChI=1S/C29H33NO.ClH/c1-21-13-15-22(16-14-21)26-19-25-17-18-28(30(25)2)27(26)20-31-29(23-9-5-3-6-10-23)24-11-7-4-8-12-24;/h3-16,25-29H,17-20H2,1-2H3;1H/t25?,26?,27-,28?;/m1./s1. The van der Waals surface area contributed by atoms with E-state index in [1.807, 2.05) is 0 Å². The third-order valence-electron chi connectivity index (χ3n) is 7.60. The highest BCUT2D eigenvalue weighted by Gasteiger charge is 2.46. The largest absolute Gasteiger partial charge is 0.368 e. The van der Waals surface area contributed by atoms with E-state index in [2.05, 4.69) is 104 Å². The highest BCUT2D eigenvalue weighted by molar-refractivity contribution is 5.85. The summed E-state index contributed by atoms with van der Waals surface area (Å²) in [6, 6.07) is 31.9. The number of hydrogen-bond acceptors (Lipinski definition) is 2. The Bertz CT molecular complexity index is 936. The van der Waals surface area contributed by atoms with E-state index in [1.165, 1.54) is 41.5 Å². The summed E-state index contributed by atoms with van der Waals surface area (Å²) in [6.45, 7) is 2.96. The highest BCUT2D eigenvalue weighted by Crippen LogP contribution is 2.47. The molecule has 0 N–H and O–H groups in total. The summed E-state index contributed by atoms with van der Waals surface area (Å²) in [5.41, 5.74) is 5.28. The number of rotatable bonds is 6. The van der Waals surface area contributed by atoms with Gasteiger partial charge in [0.15, 0.2) is 0 Å². The zero-order valence-corrected chi connectivity index (χ0v) is 19.9. The monoisotopic (exact) mass is 447 g/mol. The lowest BCUT2D eigenvalue weighted by atomic mass is 9.76. The average molecular weight is 448 g/mol. The van der Waals surface area contributed by atoms with Crippen molar-refractivity contribution in [3.05, 3.63) is 107 Å². The van der Waals surface area contributed by atoms with Crippen LogP contribution in [0.3, 0.4) is 0 Å². The molecule has 2 nitrogen and oxygen atoms in total. The molecule has 3 aromatic rings. The van der Waals surface area contributed by atoms with Gasteiger partial charge in [-0.2, -0.15) is 0 Å². The fraction of sp³-hybridized carbons (Fsp3) is 0.379. The molecule has 5 rings (SSSR count). The number of hydrogen-bond donors (Lipinski definition) is 0. The fourth-order valence-electron chi connectivity index (χ4n) is 5.85. The smallest absolute Gasteiger partial charge is 0.108 e. The Morgan fingerprint density at radius 1 is 0.844 bits per heavy atom. The van der Waals surface area contributed by atoms with Crippen LogP contribution in [-0.2, 0) is 4.74 Å². The van der Waals surface area contributed by atoms with E-state index >= 15 is 0 Å². The second-order valence-electron chi connectivity index (χ2n) is 9.42. The average Bonchev–Trinajstić information content (AvgIpc) is 3.05. The second kappa shape index (κ2) is 10.2. The molecule has 0 aliphatic carbocycles. The van der Waals surface area contributed by atoms with Crippen molar-refractivity contribution < 1.29 is 4.74 Å². The predicted octanol–water partition coefficient (Wildman–Crippen LogP) is 6.79. The normalized spacial score (nSPS) is 25.0. The van der Waals surface area contributed by atoms with Crippen LogP contribution in [0.1, 0.15) is 53.5 Å². The molecular formula is C29H34ClNO. The van der Waals surface area contributed by atoms with E-state index < -0.39 is 0 Å². The lowest BCUT2D eigenvalue weighted by molar-refractivity contribution is -0.00336. The molecule has 2 fully saturated rings. The van der Waals surface area contributed by atoms with Crippen LogP contribution < -0.4 is 0 Å². The number of piperidine rings is 1. The molecule has 2 bridgehead atoms. The molecule has 0 radical (unpaired) electrons. The maximum Gasteiger partial charge on any atom is 0.108 e. The van der Waals surface area contributed by atoms with Gasteiger partial charge in [-0.15, -0.1) is 12.4 Å². The van der Waals surface area contributed by atoms with Crippen LogP contribution in [0.5, 0.6) is 0 Å². The third-order valence-corrected chi connectivity index (χ3v) is 7.60. The van der Waals surface area contributed by atoms with Gasteiger partial charge in [-0.3, -0.25) is 0 Å². The number of ether oxygens (including phenoxy) is 1. The first kappa shape index (κ1) is 23.0. The minimum absolute atomic E-state index is 0. The number of halogens is 1. The van der Waals surface area contributed by atoms with Crippen LogP contribution in [0.4, 0.5) is 0 Å². The van der Waals surface area contributed by atoms with E-state index in [0.29, 0.717) is 23.9 Å². The molecule has 3 unspecified atom stereocenters. The molecule has 0 amide bonds. The van der Waals surface area contributed by atoms with Crippen molar-refractivity contribution in [2.45, 2.75) is 50.3 Å². The summed E-state index contributed by atoms with van der Waals surface area (Å²) in [7, 11) is 2.33. The Kier molecular flexibility index (Phi) is 7.35. The predicted molar refractivity (Wildman–Crippen MR) is 135 cm³/mol. The second-order valence-corrected chi connectivity index (χ2v) is 9.42. The molecule has 0 saturated carbocycles. The Labute approximate surface area is 199 Å². The Balaban J connectivity index is 0.00000245. The molecule has 3 heteroatoms. The SMILES string of the molecule is Cc1ccc(C2CC3CCC([C@@H]2COC(c2ccccc2)c2ccccc2)N3C)cc1.Cl. The van der Waals surface area contributed by atoms with Gasteiger partial charge in [0.05, 0.1) is 6.61 Å². The zero-order chi connectivity index (χ0) is 21.2. The topological polar surface area (TPSA) is 12.5 Å². The first-order chi connectivity index (χ1) is 15.2. The van der Waals surface area contributed by atoms with Gasteiger partial charge >= 0.3 is 0 Å². The summed E-state index contributed by atoms with van der Waals surface area (Å²) >= 11 is 0. The van der Waals surface area contributed by atoms with Crippen LogP contribution in [0.2, 0.25) is 0 Å². The van der Waals surface area contributed by atoms with Crippen molar-refractivity contribution in [2.75, 3.05) is 13.7 Å². The number of nitrogens with zero attached hydrogens (tertiary/aromatic N) is 1. The highest BCUT2D eigenvalue weighted by atomic mass is 35.5. The lowest BCUT2D eigenvalue weighted by Crippen LogP contribution is -2.47. The number of aryl methyl sites for hydroxylation is 1. The van der Waals surface area contributed by atoms with E-state index in [1.54, 1.807) is 0 Å². The van der Waals surface area contributed by atoms with Gasteiger partial charge in [-0.05, 0) is 55.8 Å². The summed E-state index contributed by atoms with van der Waals surface area (Å²) in [5, 5.41) is 0. The maximum absolute atomic E-state index is 6.80. The molecule has 0 aromatic heterocycles. The van der Waals surface area contributed by atoms with Gasteiger partial charge in [0.1, 0.15) is 6.10 Å². The molecule has 2 saturated heterocycles. The van der Waals surface area contributed by atoms with Crippen molar-refractivity contribution in [3.8, 4) is 0 Å². The molecular weight excluding hydrogens is 414 g/mol. The quantitative estimate of drug-likeness (QED) is 0.412. The van der Waals surface area contributed by atoms with Crippen LogP contribution in [0.25, 0.3) is 0 Å². The molecule has 2 heterocycles. The van der Waals surface area contributed by atoms with Crippen molar-refractivity contribution >= 4 is 12.4 Å². The summed E-state index contributed by atoms with van der Waals surface area (Å²) < 4.78 is 6.80. The number of fused-ring (bicyclic) bond motifs is 2. The van der Waals surface area contributed by atoms with Crippen LogP contribution >= 0.6 is 12.4 Å². The van der Waals surface area contributed by atoms with E-state index in [9.17, 15) is 0 Å². The summed E-state index contributed by atoms with van der Waals surface area (Å²) in [5.74, 6) is 1.09. The van der Waals surface area contributed by atoms with Gasteiger partial charge in [0.25, 0.3) is 0 Å². The Morgan fingerprint density at radius 3 is 2.03 bits per heavy atom. The van der Waals surface area contributed by atoms with Crippen molar-refractivity contribution in [2.24, 2.45) is 5.92 Å². The van der Waals surface area contributed by atoms with Gasteiger partial charge in [0.2, 0.25) is 0 Å². The minimum Gasteiger partial charge on any atom is -0.368 e. The van der Waals surface area contributed by atoms with E-state index in [-0.39, 0.29) is 18.5 Å². The summed E-state index contributed by atoms with van der Waals surface area (Å²) in [6.07, 6.45) is 3.83. The molecule has 2 aliphatic rings. The Hall–Kier alpha value is -2.13. The van der Waals surface area contributed by atoms with Crippen LogP contribution in [0, 0.1) is 12.8 Å². The first-order valence-electron chi connectivity index (χ1n) is 11.7. The van der Waals surface area contributed by atoms with Gasteiger partial charge < -0.3 is 9.64 Å². The van der Waals surface area contributed by atoms with Crippen molar-refractivity contribution in [1.82, 2.24) is 4.90 Å². The van der Waals surface area contributed by atoms with Crippen molar-refractivity contribution in [3.63, 3.8) is 0 Å². The molecule has 32 heavy (non-hydrogen) atoms. The first-order valence-corrected chi connectivity index (χ1v) is 11.7. The van der Waals surface area contributed by atoms with Crippen molar-refractivity contribution in [1.29, 1.82) is 0 Å². The minimum atomic E-state index is -0.0227. The number of benzene rings is 3. The van der Waals surface area contributed by atoms with Gasteiger partial charge in [-0.25, -0.2) is 0 Å². The molecule has 4 atom stereocenters. The third kappa shape index (κ3) is 4.64. The fourth-order valence-corrected chi connectivity index (χ4v) is 5.85. The van der Waals surface area contributed by atoms with Gasteiger partial charge in [0, 0.05) is 18.0 Å². The van der Waals surface area contributed by atoms with E-state index in [4.69, 9.17) is 4.74 Å². The molecule has 3 aromatic carbocycles. The summed E-state index contributed by atoms with van der Waals surface area (Å²) in [4.78, 5) is 2.64. The molecule has 0 spiro atoms. The van der Waals surface area contributed by atoms with Gasteiger partial charge in [-0.1, -0.05) is 90.5 Å². The van der Waals surface area contributed by atoms with Crippen LogP contribution in [0.15, 0.2) is 84.9 Å². The Morgan fingerprint density at radius 2 is 1.44 bits per heavy atom. The maximum atomic E-state index is 6.80. The van der Waals surface area contributed by atoms with E-state index in [0.717, 1.165) is 6.61 Å². The lowest BCUT2D eigenvalue weighted by Gasteiger charge is -2.43. The van der Waals surface area contributed by atoms with Crippen LogP contribution in [-0.4, -0.2) is 30.6 Å². The molecule has 168 valence electrons.